The van der Waals surface area contributed by atoms with E-state index in [-0.39, 0.29) is 12.5 Å². The second-order valence-corrected chi connectivity index (χ2v) is 2.15. The van der Waals surface area contributed by atoms with Crippen LogP contribution in [-0.4, -0.2) is 29.5 Å². The second-order valence-electron chi connectivity index (χ2n) is 2.15. The highest BCUT2D eigenvalue weighted by Gasteiger charge is 2.19. The first-order valence-electron chi connectivity index (χ1n) is 3.02. The molecule has 0 N–H and O–H groups in total. The third kappa shape index (κ3) is 1.21. The summed E-state index contributed by atoms with van der Waals surface area (Å²) in [5, 5.41) is 5.01. The first-order valence-corrected chi connectivity index (χ1v) is 3.02. The molecular formula is C6H8N2O2. The van der Waals surface area contributed by atoms with Crippen LogP contribution in [0.3, 0.4) is 0 Å². The Labute approximate surface area is 58.5 Å². The van der Waals surface area contributed by atoms with Gasteiger partial charge in [-0.3, -0.25) is 4.79 Å². The van der Waals surface area contributed by atoms with Crippen LogP contribution in [0.15, 0.2) is 5.10 Å². The highest BCUT2D eigenvalue weighted by Crippen LogP contribution is 2.05. The third-order valence-electron chi connectivity index (χ3n) is 1.23. The zero-order valence-electron chi connectivity index (χ0n) is 5.70. The first-order chi connectivity index (χ1) is 4.74. The van der Waals surface area contributed by atoms with Gasteiger partial charge in [-0.1, -0.05) is 0 Å². The molecule has 0 atom stereocenters. The van der Waals surface area contributed by atoms with Crippen LogP contribution in [0.4, 0.5) is 0 Å². The average molecular weight is 140 g/mol. The molecule has 10 heavy (non-hydrogen) atoms. The van der Waals surface area contributed by atoms with Crippen LogP contribution in [0, 0.1) is 0 Å². The molecule has 1 heterocycles. The second kappa shape index (κ2) is 2.60. The largest absolute Gasteiger partial charge is 0.301 e. The lowest BCUT2D eigenvalue weighted by Crippen LogP contribution is -2.22. The molecule has 0 aromatic heterocycles. The minimum absolute atomic E-state index is 0.0795. The SMILES string of the molecule is CC1=NN(CC=O)C(=O)C1. The molecule has 0 aliphatic carbocycles. The van der Waals surface area contributed by atoms with Crippen LogP contribution in [0.1, 0.15) is 13.3 Å². The van der Waals surface area contributed by atoms with Crippen molar-refractivity contribution in [2.45, 2.75) is 13.3 Å². The van der Waals surface area contributed by atoms with Crippen molar-refractivity contribution in [3.8, 4) is 0 Å². The fraction of sp³-hybridized carbons (Fsp3) is 0.500. The number of rotatable bonds is 2. The Balaban J connectivity index is 2.60. The van der Waals surface area contributed by atoms with E-state index in [2.05, 4.69) is 5.10 Å². The van der Waals surface area contributed by atoms with Crippen molar-refractivity contribution >= 4 is 17.9 Å². The quantitative estimate of drug-likeness (QED) is 0.498. The van der Waals surface area contributed by atoms with Crippen molar-refractivity contribution < 1.29 is 9.59 Å². The average Bonchev–Trinajstić information content (AvgIpc) is 2.13. The molecule has 1 amide bonds. The Kier molecular flexibility index (Phi) is 1.80. The predicted octanol–water partition coefficient (Wildman–Crippen LogP) is -0.207. The van der Waals surface area contributed by atoms with Gasteiger partial charge in [-0.15, -0.1) is 0 Å². The van der Waals surface area contributed by atoms with E-state index < -0.39 is 0 Å². The van der Waals surface area contributed by atoms with Crippen molar-refractivity contribution in [3.63, 3.8) is 0 Å². The summed E-state index contributed by atoms with van der Waals surface area (Å²) in [4.78, 5) is 20.8. The number of hydrogen-bond acceptors (Lipinski definition) is 3. The van der Waals surface area contributed by atoms with Crippen molar-refractivity contribution in [1.29, 1.82) is 0 Å². The Morgan fingerprint density at radius 1 is 1.80 bits per heavy atom. The van der Waals surface area contributed by atoms with Crippen molar-refractivity contribution in [2.24, 2.45) is 5.10 Å². The van der Waals surface area contributed by atoms with Crippen molar-refractivity contribution in [2.75, 3.05) is 6.54 Å². The highest BCUT2D eigenvalue weighted by atomic mass is 16.2. The van der Waals surface area contributed by atoms with E-state index in [1.165, 1.54) is 5.01 Å². The first kappa shape index (κ1) is 6.92. The van der Waals surface area contributed by atoms with Gasteiger partial charge in [-0.2, -0.15) is 5.10 Å². The summed E-state index contributed by atoms with van der Waals surface area (Å²) in [7, 11) is 0. The van der Waals surface area contributed by atoms with Gasteiger partial charge in [0.2, 0.25) is 5.91 Å². The lowest BCUT2D eigenvalue weighted by molar-refractivity contribution is -0.130. The van der Waals surface area contributed by atoms with E-state index in [0.29, 0.717) is 12.7 Å². The van der Waals surface area contributed by atoms with E-state index in [1.807, 2.05) is 0 Å². The van der Waals surface area contributed by atoms with Crippen LogP contribution in [0.2, 0.25) is 0 Å². The minimum Gasteiger partial charge on any atom is -0.301 e. The molecule has 0 spiro atoms. The van der Waals surface area contributed by atoms with Crippen molar-refractivity contribution in [3.05, 3.63) is 0 Å². The van der Waals surface area contributed by atoms with Gasteiger partial charge in [0.05, 0.1) is 6.42 Å². The van der Waals surface area contributed by atoms with Gasteiger partial charge in [-0.25, -0.2) is 5.01 Å². The minimum atomic E-state index is -0.0930. The zero-order valence-corrected chi connectivity index (χ0v) is 5.70. The van der Waals surface area contributed by atoms with Crippen LogP contribution in [-0.2, 0) is 9.59 Å². The van der Waals surface area contributed by atoms with Crippen LogP contribution in [0.5, 0.6) is 0 Å². The predicted molar refractivity (Wildman–Crippen MR) is 35.5 cm³/mol. The molecule has 0 aromatic rings. The van der Waals surface area contributed by atoms with Crippen LogP contribution < -0.4 is 0 Å². The van der Waals surface area contributed by atoms with Crippen LogP contribution >= 0.6 is 0 Å². The summed E-state index contributed by atoms with van der Waals surface area (Å²) >= 11 is 0. The van der Waals surface area contributed by atoms with E-state index in [1.54, 1.807) is 6.92 Å². The summed E-state index contributed by atoms with van der Waals surface area (Å²) in [6.07, 6.45) is 1.02. The van der Waals surface area contributed by atoms with Gasteiger partial charge >= 0.3 is 0 Å². The van der Waals surface area contributed by atoms with E-state index in [9.17, 15) is 9.59 Å². The molecule has 0 fully saturated rings. The molecule has 54 valence electrons. The fourth-order valence-electron chi connectivity index (χ4n) is 0.821. The lowest BCUT2D eigenvalue weighted by atomic mass is 10.3. The molecule has 0 radical (unpaired) electrons. The van der Waals surface area contributed by atoms with Gasteiger partial charge in [0.25, 0.3) is 0 Å². The summed E-state index contributed by atoms with van der Waals surface area (Å²) in [5.74, 6) is -0.0930. The van der Waals surface area contributed by atoms with Gasteiger partial charge in [-0.05, 0) is 6.92 Å². The maximum absolute atomic E-state index is 10.8. The van der Waals surface area contributed by atoms with Gasteiger partial charge in [0.15, 0.2) is 0 Å². The Bertz CT molecular complexity index is 198. The molecule has 4 nitrogen and oxygen atoms in total. The number of aldehydes is 1. The van der Waals surface area contributed by atoms with Gasteiger partial charge in [0.1, 0.15) is 12.8 Å². The normalized spacial score (nSPS) is 17.5. The van der Waals surface area contributed by atoms with E-state index in [4.69, 9.17) is 0 Å². The molecular weight excluding hydrogens is 132 g/mol. The lowest BCUT2D eigenvalue weighted by Gasteiger charge is -2.04. The highest BCUT2D eigenvalue weighted by molar-refractivity contribution is 6.04. The summed E-state index contributed by atoms with van der Waals surface area (Å²) < 4.78 is 0. The summed E-state index contributed by atoms with van der Waals surface area (Å²) in [6, 6.07) is 0. The molecule has 0 saturated heterocycles. The molecule has 1 rings (SSSR count). The standard InChI is InChI=1S/C6H8N2O2/c1-5-4-6(10)8(7-5)2-3-9/h3H,2,4H2,1H3. The molecule has 0 aromatic carbocycles. The molecule has 0 saturated carbocycles. The monoisotopic (exact) mass is 140 g/mol. The van der Waals surface area contributed by atoms with Gasteiger partial charge < -0.3 is 4.79 Å². The maximum atomic E-state index is 10.8. The van der Waals surface area contributed by atoms with Crippen molar-refractivity contribution in [1.82, 2.24) is 5.01 Å². The number of nitrogens with zero attached hydrogens (tertiary/aromatic N) is 2. The van der Waals surface area contributed by atoms with Gasteiger partial charge in [0, 0.05) is 5.71 Å². The number of hydrogen-bond donors (Lipinski definition) is 0. The smallest absolute Gasteiger partial charge is 0.248 e. The topological polar surface area (TPSA) is 49.7 Å². The molecule has 0 bridgehead atoms. The Hall–Kier alpha value is -1.19. The number of amides is 1. The molecule has 0 unspecified atom stereocenters. The Morgan fingerprint density at radius 2 is 2.50 bits per heavy atom. The maximum Gasteiger partial charge on any atom is 0.248 e. The molecule has 4 heteroatoms. The molecule has 1 aliphatic rings. The van der Waals surface area contributed by atoms with E-state index in [0.717, 1.165) is 5.71 Å². The third-order valence-corrected chi connectivity index (χ3v) is 1.23. The number of carbonyl (C=O) groups is 2. The summed E-state index contributed by atoms with van der Waals surface area (Å²) in [6.45, 7) is 1.85. The molecule has 1 aliphatic heterocycles. The number of carbonyl (C=O) groups excluding carboxylic acids is 2. The number of hydrazone groups is 1. The summed E-state index contributed by atoms with van der Waals surface area (Å²) in [5.41, 5.74) is 0.770. The zero-order chi connectivity index (χ0) is 7.56. The fourth-order valence-corrected chi connectivity index (χ4v) is 0.821. The van der Waals surface area contributed by atoms with E-state index >= 15 is 0 Å². The van der Waals surface area contributed by atoms with Crippen LogP contribution in [0.25, 0.3) is 0 Å². The Morgan fingerprint density at radius 3 is 2.90 bits per heavy atom.